The third-order valence-corrected chi connectivity index (χ3v) is 4.96. The predicted octanol–water partition coefficient (Wildman–Crippen LogP) is 4.53. The average molecular weight is 307 g/mol. The number of likely N-dealkylation sites (tertiary alicyclic amines) is 1. The zero-order valence-corrected chi connectivity index (χ0v) is 13.1. The van der Waals surface area contributed by atoms with Gasteiger partial charge in [-0.2, -0.15) is 0 Å². The molecular formula is C16H19ClN2S. The lowest BCUT2D eigenvalue weighted by Gasteiger charge is -2.26. The Bertz CT molecular complexity index is 544. The molecule has 1 aromatic heterocycles. The van der Waals surface area contributed by atoms with E-state index in [1.165, 1.54) is 43.5 Å². The number of halogens is 1. The van der Waals surface area contributed by atoms with Crippen LogP contribution in [-0.2, 0) is 12.4 Å². The standard InChI is InChI=1S/C16H19ClN2S/c17-10-15-12-20-16(18-15)14-6-4-13(5-7-14)11-19-8-2-1-3-9-19/h4-7,12H,1-3,8-11H2. The fourth-order valence-corrected chi connectivity index (χ4v) is 3.68. The second-order valence-corrected chi connectivity index (χ2v) is 6.44. The molecule has 3 rings (SSSR count). The molecule has 0 spiro atoms. The molecule has 0 atom stereocenters. The van der Waals surface area contributed by atoms with Crippen molar-refractivity contribution in [2.75, 3.05) is 13.1 Å². The molecule has 1 aliphatic heterocycles. The van der Waals surface area contributed by atoms with Gasteiger partial charge in [-0.3, -0.25) is 4.90 Å². The Hall–Kier alpha value is -0.900. The largest absolute Gasteiger partial charge is 0.299 e. The number of aromatic nitrogens is 1. The monoisotopic (exact) mass is 306 g/mol. The maximum absolute atomic E-state index is 5.80. The Balaban J connectivity index is 1.67. The first-order chi connectivity index (χ1) is 9.85. The van der Waals surface area contributed by atoms with E-state index in [0.717, 1.165) is 17.2 Å². The number of benzene rings is 1. The van der Waals surface area contributed by atoms with Crippen LogP contribution in [0.1, 0.15) is 30.5 Å². The SMILES string of the molecule is ClCc1csc(-c2ccc(CN3CCCCC3)cc2)n1. The van der Waals surface area contributed by atoms with E-state index < -0.39 is 0 Å². The first kappa shape index (κ1) is 14.1. The van der Waals surface area contributed by atoms with Gasteiger partial charge in [0.15, 0.2) is 0 Å². The summed E-state index contributed by atoms with van der Waals surface area (Å²) in [4.78, 5) is 7.07. The normalized spacial score (nSPS) is 16.4. The van der Waals surface area contributed by atoms with Crippen LogP contribution in [0.2, 0.25) is 0 Å². The molecule has 1 fully saturated rings. The van der Waals surface area contributed by atoms with Gasteiger partial charge in [-0.25, -0.2) is 4.98 Å². The molecule has 0 saturated carbocycles. The van der Waals surface area contributed by atoms with Crippen molar-refractivity contribution in [3.8, 4) is 10.6 Å². The van der Waals surface area contributed by atoms with Gasteiger partial charge in [0.25, 0.3) is 0 Å². The molecule has 0 aliphatic carbocycles. The summed E-state index contributed by atoms with van der Waals surface area (Å²) in [6, 6.07) is 8.81. The van der Waals surface area contributed by atoms with Crippen molar-refractivity contribution < 1.29 is 0 Å². The van der Waals surface area contributed by atoms with Gasteiger partial charge in [-0.05, 0) is 31.5 Å². The minimum Gasteiger partial charge on any atom is -0.299 e. The first-order valence-corrected chi connectivity index (χ1v) is 8.58. The van der Waals surface area contributed by atoms with E-state index in [9.17, 15) is 0 Å². The predicted molar refractivity (Wildman–Crippen MR) is 86.2 cm³/mol. The zero-order chi connectivity index (χ0) is 13.8. The third-order valence-electron chi connectivity index (χ3n) is 3.74. The van der Waals surface area contributed by atoms with Crippen LogP contribution < -0.4 is 0 Å². The van der Waals surface area contributed by atoms with E-state index in [0.29, 0.717) is 5.88 Å². The molecule has 2 aromatic rings. The van der Waals surface area contributed by atoms with Crippen LogP contribution in [0.3, 0.4) is 0 Å². The number of hydrogen-bond acceptors (Lipinski definition) is 3. The molecule has 1 aliphatic rings. The van der Waals surface area contributed by atoms with E-state index >= 15 is 0 Å². The summed E-state index contributed by atoms with van der Waals surface area (Å²) >= 11 is 7.46. The molecule has 1 aromatic carbocycles. The molecule has 0 N–H and O–H groups in total. The summed E-state index contributed by atoms with van der Waals surface area (Å²) in [6.45, 7) is 3.56. The van der Waals surface area contributed by atoms with Crippen molar-refractivity contribution in [3.05, 3.63) is 40.9 Å². The lowest BCUT2D eigenvalue weighted by Crippen LogP contribution is -2.28. The van der Waals surface area contributed by atoms with Crippen LogP contribution in [0.15, 0.2) is 29.6 Å². The Morgan fingerprint density at radius 1 is 1.10 bits per heavy atom. The van der Waals surface area contributed by atoms with Crippen LogP contribution in [0, 0.1) is 0 Å². The smallest absolute Gasteiger partial charge is 0.123 e. The Morgan fingerprint density at radius 3 is 2.50 bits per heavy atom. The number of hydrogen-bond donors (Lipinski definition) is 0. The molecule has 1 saturated heterocycles. The summed E-state index contributed by atoms with van der Waals surface area (Å²) < 4.78 is 0. The summed E-state index contributed by atoms with van der Waals surface area (Å²) in [5.41, 5.74) is 3.54. The van der Waals surface area contributed by atoms with Crippen molar-refractivity contribution in [3.63, 3.8) is 0 Å². The van der Waals surface area contributed by atoms with Gasteiger partial charge < -0.3 is 0 Å². The molecular weight excluding hydrogens is 288 g/mol. The Labute approximate surface area is 129 Å². The molecule has 20 heavy (non-hydrogen) atoms. The van der Waals surface area contributed by atoms with Crippen LogP contribution in [0.5, 0.6) is 0 Å². The van der Waals surface area contributed by atoms with Gasteiger partial charge in [0.2, 0.25) is 0 Å². The van der Waals surface area contributed by atoms with Crippen molar-refractivity contribution in [2.45, 2.75) is 31.7 Å². The van der Waals surface area contributed by atoms with E-state index in [2.05, 4.69) is 34.1 Å². The number of thiazole rings is 1. The number of alkyl halides is 1. The lowest BCUT2D eigenvalue weighted by atomic mass is 10.1. The van der Waals surface area contributed by atoms with E-state index in [4.69, 9.17) is 11.6 Å². The molecule has 2 nitrogen and oxygen atoms in total. The van der Waals surface area contributed by atoms with Crippen LogP contribution in [0.25, 0.3) is 10.6 Å². The topological polar surface area (TPSA) is 16.1 Å². The van der Waals surface area contributed by atoms with Gasteiger partial charge in [0.05, 0.1) is 11.6 Å². The minimum atomic E-state index is 0.490. The Kier molecular flexibility index (Phi) is 4.71. The fraction of sp³-hybridized carbons (Fsp3) is 0.438. The van der Waals surface area contributed by atoms with Crippen molar-refractivity contribution in [2.24, 2.45) is 0 Å². The molecule has 2 heterocycles. The van der Waals surface area contributed by atoms with Crippen molar-refractivity contribution in [1.82, 2.24) is 9.88 Å². The maximum atomic E-state index is 5.80. The quantitative estimate of drug-likeness (QED) is 0.771. The number of nitrogens with zero attached hydrogens (tertiary/aromatic N) is 2. The number of rotatable bonds is 4. The summed E-state index contributed by atoms with van der Waals surface area (Å²) in [5, 5.41) is 3.09. The van der Waals surface area contributed by atoms with Crippen LogP contribution >= 0.6 is 22.9 Å². The third kappa shape index (κ3) is 3.40. The van der Waals surface area contributed by atoms with Crippen LogP contribution in [0.4, 0.5) is 0 Å². The molecule has 0 radical (unpaired) electrons. The molecule has 0 unspecified atom stereocenters. The summed E-state index contributed by atoms with van der Waals surface area (Å²) in [6.07, 6.45) is 4.08. The van der Waals surface area contributed by atoms with Crippen molar-refractivity contribution in [1.29, 1.82) is 0 Å². The second kappa shape index (κ2) is 6.70. The van der Waals surface area contributed by atoms with Gasteiger partial charge in [0, 0.05) is 17.5 Å². The molecule has 106 valence electrons. The average Bonchev–Trinajstić information content (AvgIpc) is 2.98. The second-order valence-electron chi connectivity index (χ2n) is 5.31. The molecule has 0 bridgehead atoms. The van der Waals surface area contributed by atoms with Gasteiger partial charge in [0.1, 0.15) is 5.01 Å². The fourth-order valence-electron chi connectivity index (χ4n) is 2.63. The van der Waals surface area contributed by atoms with E-state index in [1.54, 1.807) is 11.3 Å². The highest BCUT2D eigenvalue weighted by atomic mass is 35.5. The van der Waals surface area contributed by atoms with Gasteiger partial charge in [-0.15, -0.1) is 22.9 Å². The summed E-state index contributed by atoms with van der Waals surface area (Å²) in [5.74, 6) is 0.490. The van der Waals surface area contributed by atoms with Gasteiger partial charge >= 0.3 is 0 Å². The van der Waals surface area contributed by atoms with Crippen LogP contribution in [-0.4, -0.2) is 23.0 Å². The highest BCUT2D eigenvalue weighted by Crippen LogP contribution is 2.25. The van der Waals surface area contributed by atoms with E-state index in [-0.39, 0.29) is 0 Å². The zero-order valence-electron chi connectivity index (χ0n) is 11.5. The van der Waals surface area contributed by atoms with Gasteiger partial charge in [-0.1, -0.05) is 30.7 Å². The molecule has 4 heteroatoms. The highest BCUT2D eigenvalue weighted by Gasteiger charge is 2.10. The number of piperidine rings is 1. The minimum absolute atomic E-state index is 0.490. The van der Waals surface area contributed by atoms with Crippen molar-refractivity contribution >= 4 is 22.9 Å². The molecule has 0 amide bonds. The first-order valence-electron chi connectivity index (χ1n) is 7.17. The summed E-state index contributed by atoms with van der Waals surface area (Å²) in [7, 11) is 0. The van der Waals surface area contributed by atoms with E-state index in [1.807, 2.05) is 5.38 Å². The Morgan fingerprint density at radius 2 is 1.85 bits per heavy atom. The highest BCUT2D eigenvalue weighted by molar-refractivity contribution is 7.13. The maximum Gasteiger partial charge on any atom is 0.123 e. The lowest BCUT2D eigenvalue weighted by molar-refractivity contribution is 0.221.